The summed E-state index contributed by atoms with van der Waals surface area (Å²) in [5, 5.41) is 3.89. The summed E-state index contributed by atoms with van der Waals surface area (Å²) < 4.78 is 36.2. The number of methoxy groups -OCH3 is 1. The number of benzene rings is 1. The van der Waals surface area contributed by atoms with Crippen LogP contribution in [0.4, 0.5) is 0 Å². The van der Waals surface area contributed by atoms with E-state index >= 15 is 0 Å². The van der Waals surface area contributed by atoms with Crippen LogP contribution in [0.15, 0.2) is 40.9 Å². The first kappa shape index (κ1) is 15.7. The van der Waals surface area contributed by atoms with Crippen molar-refractivity contribution in [3.63, 3.8) is 0 Å². The number of rotatable bonds is 8. The highest BCUT2D eigenvalue weighted by atomic mass is 32.2. The third-order valence-electron chi connectivity index (χ3n) is 2.81. The number of ether oxygens (including phenoxy) is 1. The number of nitrogens with one attached hydrogen (secondary N) is 1. The van der Waals surface area contributed by atoms with Gasteiger partial charge in [-0.25, -0.2) is 13.1 Å². The van der Waals surface area contributed by atoms with E-state index in [0.29, 0.717) is 31.0 Å². The van der Waals surface area contributed by atoms with E-state index < -0.39 is 10.0 Å². The van der Waals surface area contributed by atoms with E-state index in [1.54, 1.807) is 13.2 Å². The predicted octanol–water partition coefficient (Wildman–Crippen LogP) is 1.80. The van der Waals surface area contributed by atoms with Gasteiger partial charge < -0.3 is 9.26 Å². The van der Waals surface area contributed by atoms with Crippen LogP contribution in [-0.4, -0.2) is 33.8 Å². The van der Waals surface area contributed by atoms with Gasteiger partial charge in [-0.05, 0) is 6.42 Å². The topological polar surface area (TPSA) is 81.4 Å². The Morgan fingerprint density at radius 3 is 2.76 bits per heavy atom. The van der Waals surface area contributed by atoms with Gasteiger partial charge in [-0.1, -0.05) is 35.5 Å². The summed E-state index contributed by atoms with van der Waals surface area (Å²) in [6.45, 7) is 0.860. The molecule has 0 bridgehead atoms. The van der Waals surface area contributed by atoms with Gasteiger partial charge >= 0.3 is 0 Å². The van der Waals surface area contributed by atoms with Crippen molar-refractivity contribution in [3.05, 3.63) is 42.2 Å². The molecule has 0 fully saturated rings. The third-order valence-corrected chi connectivity index (χ3v) is 4.12. The Hall–Kier alpha value is -1.70. The van der Waals surface area contributed by atoms with Gasteiger partial charge in [0.05, 0.1) is 0 Å². The molecule has 6 nitrogen and oxygen atoms in total. The first-order chi connectivity index (χ1) is 10.1. The minimum atomic E-state index is -3.42. The first-order valence-electron chi connectivity index (χ1n) is 6.58. The number of nitrogens with zero attached hydrogens (tertiary/aromatic N) is 1. The van der Waals surface area contributed by atoms with Gasteiger partial charge in [-0.3, -0.25) is 0 Å². The monoisotopic (exact) mass is 310 g/mol. The Bertz CT molecular complexity index is 653. The van der Waals surface area contributed by atoms with Gasteiger partial charge in [0.2, 0.25) is 10.0 Å². The standard InChI is InChI=1S/C14H18N2O4S/c1-19-9-5-8-15-21(17,18)11-13-10-14(16-20-13)12-6-3-2-4-7-12/h2-4,6-7,10,15H,5,8-9,11H2,1H3. The zero-order valence-electron chi connectivity index (χ0n) is 11.8. The highest BCUT2D eigenvalue weighted by Gasteiger charge is 2.15. The Labute approximate surface area is 124 Å². The molecule has 0 aliphatic rings. The summed E-state index contributed by atoms with van der Waals surface area (Å²) in [5.74, 6) is 0.0906. The van der Waals surface area contributed by atoms with Crippen molar-refractivity contribution >= 4 is 10.0 Å². The quantitative estimate of drug-likeness (QED) is 0.752. The van der Waals surface area contributed by atoms with Crippen molar-refractivity contribution in [3.8, 4) is 11.3 Å². The SMILES string of the molecule is COCCCNS(=O)(=O)Cc1cc(-c2ccccc2)no1. The van der Waals surface area contributed by atoms with Crippen molar-refractivity contribution in [2.45, 2.75) is 12.2 Å². The lowest BCUT2D eigenvalue weighted by Gasteiger charge is -2.03. The molecule has 0 radical (unpaired) electrons. The molecule has 2 aromatic rings. The summed E-state index contributed by atoms with van der Waals surface area (Å²) in [5.41, 5.74) is 1.51. The van der Waals surface area contributed by atoms with Crippen molar-refractivity contribution in [2.24, 2.45) is 0 Å². The van der Waals surface area contributed by atoms with Crippen LogP contribution in [0.2, 0.25) is 0 Å². The lowest BCUT2D eigenvalue weighted by molar-refractivity contribution is 0.196. The minimum absolute atomic E-state index is 0.222. The molecule has 1 heterocycles. The molecule has 2 rings (SSSR count). The van der Waals surface area contributed by atoms with Crippen LogP contribution in [0.5, 0.6) is 0 Å². The Morgan fingerprint density at radius 1 is 1.29 bits per heavy atom. The normalized spacial score (nSPS) is 11.7. The zero-order valence-corrected chi connectivity index (χ0v) is 12.6. The van der Waals surface area contributed by atoms with Gasteiger partial charge in [0.15, 0.2) is 5.76 Å². The average Bonchev–Trinajstić information content (AvgIpc) is 2.92. The summed E-state index contributed by atoms with van der Waals surface area (Å²) in [4.78, 5) is 0. The summed E-state index contributed by atoms with van der Waals surface area (Å²) in [6.07, 6.45) is 0.626. The predicted molar refractivity (Wildman–Crippen MR) is 79.1 cm³/mol. The van der Waals surface area contributed by atoms with E-state index in [-0.39, 0.29) is 5.75 Å². The molecule has 0 saturated heterocycles. The zero-order chi connectivity index (χ0) is 15.1. The maximum Gasteiger partial charge on any atom is 0.219 e. The minimum Gasteiger partial charge on any atom is -0.385 e. The molecule has 1 N–H and O–H groups in total. The van der Waals surface area contributed by atoms with Crippen LogP contribution in [0, 0.1) is 0 Å². The van der Waals surface area contributed by atoms with Crippen LogP contribution in [0.1, 0.15) is 12.2 Å². The molecule has 7 heteroatoms. The fourth-order valence-corrected chi connectivity index (χ4v) is 2.88. The number of hydrogen-bond donors (Lipinski definition) is 1. The Balaban J connectivity index is 1.96. The van der Waals surface area contributed by atoms with Crippen LogP contribution in [0.25, 0.3) is 11.3 Å². The van der Waals surface area contributed by atoms with Crippen molar-refractivity contribution in [2.75, 3.05) is 20.3 Å². The van der Waals surface area contributed by atoms with Gasteiger partial charge in [0, 0.05) is 31.9 Å². The highest BCUT2D eigenvalue weighted by Crippen LogP contribution is 2.19. The lowest BCUT2D eigenvalue weighted by atomic mass is 10.1. The molecule has 0 spiro atoms. The first-order valence-corrected chi connectivity index (χ1v) is 8.23. The van der Waals surface area contributed by atoms with E-state index in [0.717, 1.165) is 5.56 Å². The molecule has 1 aromatic heterocycles. The van der Waals surface area contributed by atoms with Gasteiger partial charge in [0.1, 0.15) is 11.4 Å². The molecule has 0 unspecified atom stereocenters. The van der Waals surface area contributed by atoms with Crippen molar-refractivity contribution in [1.29, 1.82) is 0 Å². The third kappa shape index (κ3) is 4.96. The van der Waals surface area contributed by atoms with E-state index in [1.165, 1.54) is 0 Å². The van der Waals surface area contributed by atoms with E-state index in [1.807, 2.05) is 30.3 Å². The maximum absolute atomic E-state index is 11.9. The second-order valence-electron chi connectivity index (χ2n) is 4.54. The maximum atomic E-state index is 11.9. The molecule has 21 heavy (non-hydrogen) atoms. The van der Waals surface area contributed by atoms with E-state index in [4.69, 9.17) is 9.26 Å². The summed E-state index contributed by atoms with van der Waals surface area (Å²) in [6, 6.07) is 11.1. The summed E-state index contributed by atoms with van der Waals surface area (Å²) >= 11 is 0. The van der Waals surface area contributed by atoms with Gasteiger partial charge in [-0.2, -0.15) is 0 Å². The van der Waals surface area contributed by atoms with E-state index in [2.05, 4.69) is 9.88 Å². The number of hydrogen-bond acceptors (Lipinski definition) is 5. The largest absolute Gasteiger partial charge is 0.385 e. The smallest absolute Gasteiger partial charge is 0.219 e. The fourth-order valence-electron chi connectivity index (χ4n) is 1.81. The molecule has 0 saturated carbocycles. The summed E-state index contributed by atoms with van der Waals surface area (Å²) in [7, 11) is -1.85. The Kier molecular flexibility index (Phi) is 5.49. The molecular weight excluding hydrogens is 292 g/mol. The van der Waals surface area contributed by atoms with Crippen LogP contribution < -0.4 is 4.72 Å². The number of aromatic nitrogens is 1. The van der Waals surface area contributed by atoms with Crippen LogP contribution >= 0.6 is 0 Å². The molecule has 114 valence electrons. The van der Waals surface area contributed by atoms with E-state index in [9.17, 15) is 8.42 Å². The lowest BCUT2D eigenvalue weighted by Crippen LogP contribution is -2.26. The van der Waals surface area contributed by atoms with Gasteiger partial charge in [-0.15, -0.1) is 0 Å². The molecular formula is C14H18N2O4S. The molecule has 0 aliphatic carbocycles. The van der Waals surface area contributed by atoms with Crippen molar-refractivity contribution in [1.82, 2.24) is 9.88 Å². The van der Waals surface area contributed by atoms with Crippen LogP contribution in [0.3, 0.4) is 0 Å². The fraction of sp³-hybridized carbons (Fsp3) is 0.357. The second kappa shape index (κ2) is 7.35. The van der Waals surface area contributed by atoms with Crippen molar-refractivity contribution < 1.29 is 17.7 Å². The molecule has 1 aromatic carbocycles. The number of sulfonamides is 1. The molecule has 0 amide bonds. The highest BCUT2D eigenvalue weighted by molar-refractivity contribution is 7.88. The molecule has 0 atom stereocenters. The van der Waals surface area contributed by atoms with Gasteiger partial charge in [0.25, 0.3) is 0 Å². The second-order valence-corrected chi connectivity index (χ2v) is 6.35. The Morgan fingerprint density at radius 2 is 2.05 bits per heavy atom. The van der Waals surface area contributed by atoms with Crippen LogP contribution in [-0.2, 0) is 20.5 Å². The average molecular weight is 310 g/mol. The molecule has 0 aliphatic heterocycles.